The van der Waals surface area contributed by atoms with Crippen LogP contribution in [0.15, 0.2) is 60.7 Å². The predicted molar refractivity (Wildman–Crippen MR) is 122 cm³/mol. The molecule has 0 saturated carbocycles. The van der Waals surface area contributed by atoms with Crippen molar-refractivity contribution in [1.82, 2.24) is 20.4 Å². The van der Waals surface area contributed by atoms with Gasteiger partial charge in [-0.05, 0) is 49.4 Å². The maximum Gasteiger partial charge on any atom is 0.251 e. The first-order valence-corrected chi connectivity index (χ1v) is 10.5. The predicted octanol–water partition coefficient (Wildman–Crippen LogP) is 3.26. The molecule has 0 bridgehead atoms. The van der Waals surface area contributed by atoms with E-state index in [2.05, 4.69) is 44.8 Å². The number of ether oxygens (including phenoxy) is 1. The Labute approximate surface area is 182 Å². The SMILES string of the molecule is Cc1cccc(-c2ccc(Nc3ccc(C(=O)NCCN4CCOCC4)cc3)nn2)c1. The number of aryl methyl sites for hydroxylation is 1. The van der Waals surface area contributed by atoms with Gasteiger partial charge in [0.1, 0.15) is 0 Å². The van der Waals surface area contributed by atoms with Gasteiger partial charge in [-0.2, -0.15) is 0 Å². The number of benzene rings is 2. The van der Waals surface area contributed by atoms with Gasteiger partial charge in [-0.15, -0.1) is 10.2 Å². The maximum atomic E-state index is 12.4. The van der Waals surface area contributed by atoms with E-state index >= 15 is 0 Å². The second kappa shape index (κ2) is 10.1. The van der Waals surface area contributed by atoms with Crippen molar-refractivity contribution < 1.29 is 9.53 Å². The van der Waals surface area contributed by atoms with Crippen LogP contribution in [0.3, 0.4) is 0 Å². The van der Waals surface area contributed by atoms with Crippen LogP contribution in [0.2, 0.25) is 0 Å². The van der Waals surface area contributed by atoms with Crippen LogP contribution in [0.1, 0.15) is 15.9 Å². The molecule has 0 spiro atoms. The molecule has 2 heterocycles. The molecule has 1 amide bonds. The minimum atomic E-state index is -0.0675. The summed E-state index contributed by atoms with van der Waals surface area (Å²) in [6, 6.07) is 19.4. The van der Waals surface area contributed by atoms with E-state index in [0.29, 0.717) is 17.9 Å². The third-order valence-electron chi connectivity index (χ3n) is 5.22. The van der Waals surface area contributed by atoms with E-state index in [9.17, 15) is 4.79 Å². The minimum Gasteiger partial charge on any atom is -0.379 e. The van der Waals surface area contributed by atoms with Crippen LogP contribution in [0.25, 0.3) is 11.3 Å². The quantitative estimate of drug-likeness (QED) is 0.614. The Hall–Kier alpha value is -3.29. The number of morpholine rings is 1. The number of amides is 1. The van der Waals surface area contributed by atoms with Gasteiger partial charge in [0.25, 0.3) is 5.91 Å². The topological polar surface area (TPSA) is 79.4 Å². The molecule has 31 heavy (non-hydrogen) atoms. The normalized spacial score (nSPS) is 14.2. The largest absolute Gasteiger partial charge is 0.379 e. The second-order valence-corrected chi connectivity index (χ2v) is 7.59. The second-order valence-electron chi connectivity index (χ2n) is 7.59. The van der Waals surface area contributed by atoms with E-state index in [4.69, 9.17) is 4.74 Å². The van der Waals surface area contributed by atoms with Crippen molar-refractivity contribution in [2.45, 2.75) is 6.92 Å². The Morgan fingerprint density at radius 2 is 1.84 bits per heavy atom. The van der Waals surface area contributed by atoms with E-state index in [0.717, 1.165) is 49.8 Å². The molecule has 0 unspecified atom stereocenters. The summed E-state index contributed by atoms with van der Waals surface area (Å²) in [5.74, 6) is 0.584. The number of hydrogen-bond acceptors (Lipinski definition) is 6. The molecule has 7 nitrogen and oxygen atoms in total. The average Bonchev–Trinajstić information content (AvgIpc) is 2.81. The van der Waals surface area contributed by atoms with E-state index in [1.54, 1.807) is 12.1 Å². The molecule has 7 heteroatoms. The zero-order chi connectivity index (χ0) is 21.5. The summed E-state index contributed by atoms with van der Waals surface area (Å²) in [6.45, 7) is 6.90. The molecular weight excluding hydrogens is 390 g/mol. The monoisotopic (exact) mass is 417 g/mol. The van der Waals surface area contributed by atoms with Gasteiger partial charge < -0.3 is 15.4 Å². The first kappa shape index (κ1) is 21.0. The van der Waals surface area contributed by atoms with Crippen LogP contribution in [0.5, 0.6) is 0 Å². The molecule has 1 aliphatic heterocycles. The molecule has 0 atom stereocenters. The number of nitrogens with one attached hydrogen (secondary N) is 2. The van der Waals surface area contributed by atoms with Crippen LogP contribution in [0, 0.1) is 6.92 Å². The fourth-order valence-corrected chi connectivity index (χ4v) is 3.46. The Balaban J connectivity index is 1.29. The fraction of sp³-hybridized carbons (Fsp3) is 0.292. The van der Waals surface area contributed by atoms with Crippen molar-refractivity contribution in [3.05, 3.63) is 71.8 Å². The van der Waals surface area contributed by atoms with E-state index in [1.165, 1.54) is 5.56 Å². The van der Waals surface area contributed by atoms with Crippen molar-refractivity contribution in [2.75, 3.05) is 44.7 Å². The minimum absolute atomic E-state index is 0.0675. The number of hydrogen-bond donors (Lipinski definition) is 2. The highest BCUT2D eigenvalue weighted by Crippen LogP contribution is 2.20. The summed E-state index contributed by atoms with van der Waals surface area (Å²) in [5.41, 5.74) is 4.55. The number of nitrogens with zero attached hydrogens (tertiary/aromatic N) is 3. The van der Waals surface area contributed by atoms with Crippen LogP contribution < -0.4 is 10.6 Å². The van der Waals surface area contributed by atoms with Crippen molar-refractivity contribution in [2.24, 2.45) is 0 Å². The zero-order valence-electron chi connectivity index (χ0n) is 17.7. The lowest BCUT2D eigenvalue weighted by molar-refractivity contribution is 0.0383. The van der Waals surface area contributed by atoms with Crippen molar-refractivity contribution in [3.8, 4) is 11.3 Å². The number of aromatic nitrogens is 2. The highest BCUT2D eigenvalue weighted by molar-refractivity contribution is 5.94. The molecule has 1 aliphatic rings. The Morgan fingerprint density at radius 3 is 2.55 bits per heavy atom. The zero-order valence-corrected chi connectivity index (χ0v) is 17.7. The summed E-state index contributed by atoms with van der Waals surface area (Å²) in [4.78, 5) is 14.6. The van der Waals surface area contributed by atoms with Gasteiger partial charge in [-0.3, -0.25) is 9.69 Å². The molecule has 2 N–H and O–H groups in total. The van der Waals surface area contributed by atoms with Gasteiger partial charge in [0.05, 0.1) is 18.9 Å². The Bertz CT molecular complexity index is 999. The third-order valence-corrected chi connectivity index (χ3v) is 5.22. The van der Waals surface area contributed by atoms with Crippen LogP contribution in [0.4, 0.5) is 11.5 Å². The lowest BCUT2D eigenvalue weighted by Crippen LogP contribution is -2.41. The van der Waals surface area contributed by atoms with Gasteiger partial charge in [0.2, 0.25) is 0 Å². The molecule has 4 rings (SSSR count). The Morgan fingerprint density at radius 1 is 1.03 bits per heavy atom. The fourth-order valence-electron chi connectivity index (χ4n) is 3.46. The standard InChI is InChI=1S/C24H27N5O2/c1-18-3-2-4-20(17-18)22-9-10-23(28-27-22)26-21-7-5-19(6-8-21)24(30)25-11-12-29-13-15-31-16-14-29/h2-10,17H,11-16H2,1H3,(H,25,30)(H,26,28). The third kappa shape index (κ3) is 5.87. The first-order chi connectivity index (χ1) is 15.2. The summed E-state index contributed by atoms with van der Waals surface area (Å²) in [5, 5.41) is 14.8. The van der Waals surface area contributed by atoms with Gasteiger partial charge in [-0.1, -0.05) is 23.8 Å². The molecule has 1 fully saturated rings. The van der Waals surface area contributed by atoms with Crippen molar-refractivity contribution in [1.29, 1.82) is 0 Å². The molecule has 1 saturated heterocycles. The molecule has 3 aromatic rings. The van der Waals surface area contributed by atoms with Gasteiger partial charge in [0.15, 0.2) is 5.82 Å². The summed E-state index contributed by atoms with van der Waals surface area (Å²) in [6.07, 6.45) is 0. The molecular formula is C24H27N5O2. The number of anilines is 2. The van der Waals surface area contributed by atoms with Gasteiger partial charge >= 0.3 is 0 Å². The van der Waals surface area contributed by atoms with Crippen LogP contribution in [-0.4, -0.2) is 60.4 Å². The molecule has 0 radical (unpaired) electrons. The van der Waals surface area contributed by atoms with Crippen molar-refractivity contribution in [3.63, 3.8) is 0 Å². The number of carbonyl (C=O) groups is 1. The van der Waals surface area contributed by atoms with Crippen LogP contribution in [-0.2, 0) is 4.74 Å². The number of rotatable bonds is 7. The first-order valence-electron chi connectivity index (χ1n) is 10.5. The molecule has 0 aliphatic carbocycles. The maximum absolute atomic E-state index is 12.4. The lowest BCUT2D eigenvalue weighted by atomic mass is 10.1. The average molecular weight is 418 g/mol. The summed E-state index contributed by atoms with van der Waals surface area (Å²) >= 11 is 0. The smallest absolute Gasteiger partial charge is 0.251 e. The van der Waals surface area contributed by atoms with Gasteiger partial charge in [0, 0.05) is 43.0 Å². The van der Waals surface area contributed by atoms with E-state index in [1.807, 2.05) is 36.4 Å². The van der Waals surface area contributed by atoms with Crippen LogP contribution >= 0.6 is 0 Å². The van der Waals surface area contributed by atoms with E-state index < -0.39 is 0 Å². The van der Waals surface area contributed by atoms with Gasteiger partial charge in [-0.25, -0.2) is 0 Å². The lowest BCUT2D eigenvalue weighted by Gasteiger charge is -2.26. The Kier molecular flexibility index (Phi) is 6.86. The van der Waals surface area contributed by atoms with Crippen molar-refractivity contribution >= 4 is 17.4 Å². The molecule has 2 aromatic carbocycles. The highest BCUT2D eigenvalue weighted by Gasteiger charge is 2.11. The molecule has 1 aromatic heterocycles. The highest BCUT2D eigenvalue weighted by atomic mass is 16.5. The molecule has 160 valence electrons. The number of carbonyl (C=O) groups excluding carboxylic acids is 1. The summed E-state index contributed by atoms with van der Waals surface area (Å²) in [7, 11) is 0. The summed E-state index contributed by atoms with van der Waals surface area (Å²) < 4.78 is 5.34. The van der Waals surface area contributed by atoms with E-state index in [-0.39, 0.29) is 5.91 Å².